The molecule has 0 aliphatic carbocycles. The second-order valence-corrected chi connectivity index (χ2v) is 5.99. The van der Waals surface area contributed by atoms with Crippen molar-refractivity contribution in [2.45, 2.75) is 6.54 Å². The van der Waals surface area contributed by atoms with Crippen LogP contribution in [0.5, 0.6) is 0 Å². The van der Waals surface area contributed by atoms with Gasteiger partial charge in [0.25, 0.3) is 0 Å². The highest BCUT2D eigenvalue weighted by atomic mass is 79.9. The number of anilines is 1. The molecule has 1 nitrogen and oxygen atoms in total. The van der Waals surface area contributed by atoms with Gasteiger partial charge in [0.1, 0.15) is 0 Å². The van der Waals surface area contributed by atoms with Crippen LogP contribution in [0.3, 0.4) is 0 Å². The van der Waals surface area contributed by atoms with Crippen LogP contribution in [0.15, 0.2) is 40.2 Å². The lowest BCUT2D eigenvalue weighted by molar-refractivity contribution is 1.19. The smallest absolute Gasteiger partial charge is 0.0702 e. The van der Waals surface area contributed by atoms with Gasteiger partial charge < -0.3 is 5.32 Å². The molecule has 15 heavy (non-hydrogen) atoms. The van der Waals surface area contributed by atoms with Gasteiger partial charge in [-0.3, -0.25) is 0 Å². The molecular weight excluding hydrogens is 294 g/mol. The highest BCUT2D eigenvalue weighted by Gasteiger charge is 2.00. The number of benzene rings is 1. The number of halogens is 2. The van der Waals surface area contributed by atoms with E-state index in [1.807, 2.05) is 30.3 Å². The summed E-state index contributed by atoms with van der Waals surface area (Å²) in [7, 11) is 0. The number of hydrogen-bond donors (Lipinski definition) is 1. The molecule has 0 amide bonds. The average Bonchev–Trinajstić information content (AvgIpc) is 2.63. The Morgan fingerprint density at radius 1 is 1.20 bits per heavy atom. The molecule has 0 radical (unpaired) electrons. The van der Waals surface area contributed by atoms with Gasteiger partial charge in [-0.2, -0.15) is 0 Å². The predicted octanol–water partition coefficient (Wildman–Crippen LogP) is 4.78. The lowest BCUT2D eigenvalue weighted by Gasteiger charge is -2.06. The van der Waals surface area contributed by atoms with Crippen molar-refractivity contribution in [3.63, 3.8) is 0 Å². The molecule has 1 N–H and O–H groups in total. The molecule has 2 aromatic rings. The summed E-state index contributed by atoms with van der Waals surface area (Å²) >= 11 is 11.2. The summed E-state index contributed by atoms with van der Waals surface area (Å²) in [5.41, 5.74) is 0.976. The number of nitrogens with one attached hydrogen (secondary N) is 1. The van der Waals surface area contributed by atoms with Crippen LogP contribution < -0.4 is 5.32 Å². The molecular formula is C11H9BrClNS. The monoisotopic (exact) mass is 301 g/mol. The van der Waals surface area contributed by atoms with Gasteiger partial charge in [-0.15, -0.1) is 11.3 Å². The molecule has 0 aliphatic heterocycles. The van der Waals surface area contributed by atoms with Gasteiger partial charge in [0.15, 0.2) is 0 Å². The Morgan fingerprint density at radius 3 is 2.67 bits per heavy atom. The molecule has 0 fully saturated rings. The van der Waals surface area contributed by atoms with Crippen LogP contribution in [-0.2, 0) is 6.54 Å². The van der Waals surface area contributed by atoms with Gasteiger partial charge in [-0.05, 0) is 40.2 Å². The number of rotatable bonds is 3. The lowest BCUT2D eigenvalue weighted by Crippen LogP contribution is -1.97. The van der Waals surface area contributed by atoms with E-state index in [0.29, 0.717) is 0 Å². The summed E-state index contributed by atoms with van der Waals surface area (Å²) in [4.78, 5) is 1.28. The van der Waals surface area contributed by atoms with Gasteiger partial charge in [0.05, 0.1) is 14.5 Å². The number of para-hydroxylation sites is 1. The Morgan fingerprint density at radius 2 is 2.00 bits per heavy atom. The zero-order valence-corrected chi connectivity index (χ0v) is 11.0. The van der Waals surface area contributed by atoms with E-state index >= 15 is 0 Å². The molecule has 1 aromatic carbocycles. The van der Waals surface area contributed by atoms with Crippen molar-refractivity contribution in [3.05, 3.63) is 50.1 Å². The standard InChI is InChI=1S/C11H9BrClNS/c12-11-6-5-8(15-11)7-14-10-4-2-1-3-9(10)13/h1-6,14H,7H2. The molecule has 0 spiro atoms. The van der Waals surface area contributed by atoms with E-state index in [1.54, 1.807) is 11.3 Å². The quantitative estimate of drug-likeness (QED) is 0.860. The van der Waals surface area contributed by atoms with Crippen molar-refractivity contribution >= 4 is 44.6 Å². The zero-order chi connectivity index (χ0) is 10.7. The van der Waals surface area contributed by atoms with E-state index in [-0.39, 0.29) is 0 Å². The van der Waals surface area contributed by atoms with Crippen LogP contribution in [0.4, 0.5) is 5.69 Å². The second-order valence-electron chi connectivity index (χ2n) is 3.04. The first-order valence-corrected chi connectivity index (χ1v) is 6.47. The summed E-state index contributed by atoms with van der Waals surface area (Å²) in [5, 5.41) is 4.06. The Bertz CT molecular complexity index is 455. The molecule has 2 rings (SSSR count). The third kappa shape index (κ3) is 2.97. The van der Waals surface area contributed by atoms with Crippen molar-refractivity contribution in [2.75, 3.05) is 5.32 Å². The number of thiophene rings is 1. The van der Waals surface area contributed by atoms with Gasteiger partial charge in [-0.1, -0.05) is 23.7 Å². The lowest BCUT2D eigenvalue weighted by atomic mass is 10.3. The normalized spacial score (nSPS) is 10.3. The summed E-state index contributed by atoms with van der Waals surface area (Å²) in [6, 6.07) is 11.9. The van der Waals surface area contributed by atoms with Crippen LogP contribution in [0.25, 0.3) is 0 Å². The van der Waals surface area contributed by atoms with Crippen molar-refractivity contribution in [2.24, 2.45) is 0 Å². The second kappa shape index (κ2) is 5.01. The van der Waals surface area contributed by atoms with Gasteiger partial charge in [-0.25, -0.2) is 0 Å². The van der Waals surface area contributed by atoms with Crippen molar-refractivity contribution in [1.82, 2.24) is 0 Å². The molecule has 0 saturated carbocycles. The Labute approximate surface area is 106 Å². The molecule has 4 heteroatoms. The minimum Gasteiger partial charge on any atom is -0.379 e. The Balaban J connectivity index is 2.02. The van der Waals surface area contributed by atoms with Crippen molar-refractivity contribution in [3.8, 4) is 0 Å². The summed E-state index contributed by atoms with van der Waals surface area (Å²) in [6.07, 6.45) is 0. The summed E-state index contributed by atoms with van der Waals surface area (Å²) < 4.78 is 1.15. The molecule has 0 atom stereocenters. The van der Waals surface area contributed by atoms with E-state index in [9.17, 15) is 0 Å². The molecule has 0 bridgehead atoms. The van der Waals surface area contributed by atoms with Gasteiger partial charge in [0.2, 0.25) is 0 Å². The van der Waals surface area contributed by atoms with E-state index in [2.05, 4.69) is 27.3 Å². The largest absolute Gasteiger partial charge is 0.379 e. The molecule has 0 aliphatic rings. The Kier molecular flexibility index (Phi) is 3.67. The minimum absolute atomic E-state index is 0.758. The molecule has 1 heterocycles. The first-order chi connectivity index (χ1) is 7.25. The van der Waals surface area contributed by atoms with Gasteiger partial charge >= 0.3 is 0 Å². The van der Waals surface area contributed by atoms with Crippen LogP contribution in [0.1, 0.15) is 4.88 Å². The first kappa shape index (κ1) is 11.0. The topological polar surface area (TPSA) is 12.0 Å². The third-order valence-corrected chi connectivity index (χ3v) is 3.91. The molecule has 78 valence electrons. The highest BCUT2D eigenvalue weighted by Crippen LogP contribution is 2.25. The zero-order valence-electron chi connectivity index (χ0n) is 7.84. The van der Waals surface area contributed by atoms with Crippen LogP contribution >= 0.6 is 38.9 Å². The SMILES string of the molecule is Clc1ccccc1NCc1ccc(Br)s1. The maximum Gasteiger partial charge on any atom is 0.0702 e. The fraction of sp³-hybridized carbons (Fsp3) is 0.0909. The number of hydrogen-bond acceptors (Lipinski definition) is 2. The van der Waals surface area contributed by atoms with E-state index in [0.717, 1.165) is 21.0 Å². The summed E-state index contributed by atoms with van der Waals surface area (Å²) in [6.45, 7) is 0.806. The van der Waals surface area contributed by atoms with E-state index in [1.165, 1.54) is 4.88 Å². The maximum absolute atomic E-state index is 6.03. The Hall–Kier alpha value is -0.510. The summed E-state index contributed by atoms with van der Waals surface area (Å²) in [5.74, 6) is 0. The van der Waals surface area contributed by atoms with Crippen LogP contribution in [0.2, 0.25) is 5.02 Å². The van der Waals surface area contributed by atoms with Crippen LogP contribution in [-0.4, -0.2) is 0 Å². The molecule has 0 unspecified atom stereocenters. The van der Waals surface area contributed by atoms with Crippen molar-refractivity contribution in [1.29, 1.82) is 0 Å². The average molecular weight is 303 g/mol. The first-order valence-electron chi connectivity index (χ1n) is 4.48. The van der Waals surface area contributed by atoms with Gasteiger partial charge in [0, 0.05) is 11.4 Å². The predicted molar refractivity (Wildman–Crippen MR) is 70.8 cm³/mol. The maximum atomic E-state index is 6.03. The molecule has 0 saturated heterocycles. The van der Waals surface area contributed by atoms with Crippen molar-refractivity contribution < 1.29 is 0 Å². The minimum atomic E-state index is 0.758. The fourth-order valence-electron chi connectivity index (χ4n) is 1.23. The van der Waals surface area contributed by atoms with Crippen LogP contribution in [0, 0.1) is 0 Å². The highest BCUT2D eigenvalue weighted by molar-refractivity contribution is 9.11. The van der Waals surface area contributed by atoms with E-state index < -0.39 is 0 Å². The molecule has 1 aromatic heterocycles. The third-order valence-electron chi connectivity index (χ3n) is 1.96. The van der Waals surface area contributed by atoms with E-state index in [4.69, 9.17) is 11.6 Å². The fourth-order valence-corrected chi connectivity index (χ4v) is 2.86.